The van der Waals surface area contributed by atoms with Gasteiger partial charge in [0.1, 0.15) is 0 Å². The maximum Gasteiger partial charge on any atom is 0.272 e. The fourth-order valence-corrected chi connectivity index (χ4v) is 3.27. The number of benzene rings is 1. The molecule has 0 saturated carbocycles. The van der Waals surface area contributed by atoms with Crippen LogP contribution in [0.1, 0.15) is 54.9 Å². The van der Waals surface area contributed by atoms with E-state index in [1.54, 1.807) is 0 Å². The number of rotatable bonds is 4. The normalized spacial score (nSPS) is 14.2. The summed E-state index contributed by atoms with van der Waals surface area (Å²) in [7, 11) is 0. The Morgan fingerprint density at radius 3 is 2.54 bits per heavy atom. The predicted molar refractivity (Wildman–Crippen MR) is 108 cm³/mol. The number of hydrogen-bond acceptors (Lipinski definition) is 3. The van der Waals surface area contributed by atoms with Crippen molar-refractivity contribution in [3.63, 3.8) is 0 Å². The molecule has 2 aromatic rings. The van der Waals surface area contributed by atoms with Crippen molar-refractivity contribution in [3.05, 3.63) is 46.2 Å². The molecular weight excluding hydrogens is 371 g/mol. The molecule has 1 aromatic heterocycles. The van der Waals surface area contributed by atoms with Gasteiger partial charge in [0.2, 0.25) is 0 Å². The molecule has 0 bridgehead atoms. The molecule has 1 aliphatic rings. The number of fused-ring (bicyclic) bond motifs is 1. The van der Waals surface area contributed by atoms with Gasteiger partial charge in [-0.15, -0.1) is 12.4 Å². The molecule has 0 unspecified atom stereocenters. The SMILES string of the molecule is CC(C)(N)CNC(=O)c1nn(-c2ccc(Cl)cc2)c2c1CCCCC2.Cl. The first kappa shape index (κ1) is 20.7. The van der Waals surface area contributed by atoms with Crippen LogP contribution < -0.4 is 11.1 Å². The van der Waals surface area contributed by atoms with Crippen LogP contribution in [0.25, 0.3) is 5.69 Å². The van der Waals surface area contributed by atoms with Crippen molar-refractivity contribution in [1.29, 1.82) is 0 Å². The van der Waals surface area contributed by atoms with Gasteiger partial charge in [0.05, 0.1) is 5.69 Å². The summed E-state index contributed by atoms with van der Waals surface area (Å²) in [4.78, 5) is 12.7. The Labute approximate surface area is 165 Å². The highest BCUT2D eigenvalue weighted by Gasteiger charge is 2.25. The second kappa shape index (κ2) is 8.42. The fourth-order valence-electron chi connectivity index (χ4n) is 3.15. The van der Waals surface area contributed by atoms with Gasteiger partial charge in [0, 0.05) is 28.4 Å². The minimum atomic E-state index is -0.453. The van der Waals surface area contributed by atoms with Gasteiger partial charge in [-0.2, -0.15) is 5.10 Å². The molecule has 1 aliphatic carbocycles. The summed E-state index contributed by atoms with van der Waals surface area (Å²) in [5.41, 5.74) is 9.19. The van der Waals surface area contributed by atoms with E-state index in [4.69, 9.17) is 17.3 Å². The maximum absolute atomic E-state index is 12.7. The number of nitrogens with one attached hydrogen (secondary N) is 1. The molecule has 3 rings (SSSR count). The van der Waals surface area contributed by atoms with Gasteiger partial charge in [-0.3, -0.25) is 4.79 Å². The largest absolute Gasteiger partial charge is 0.349 e. The van der Waals surface area contributed by atoms with Crippen molar-refractivity contribution in [1.82, 2.24) is 15.1 Å². The van der Waals surface area contributed by atoms with Gasteiger partial charge in [-0.25, -0.2) is 4.68 Å². The Hall–Kier alpha value is -1.56. The Balaban J connectivity index is 0.00000243. The van der Waals surface area contributed by atoms with Crippen LogP contribution in [0.5, 0.6) is 0 Å². The summed E-state index contributed by atoms with van der Waals surface area (Å²) in [6.07, 6.45) is 5.19. The van der Waals surface area contributed by atoms with E-state index in [0.717, 1.165) is 42.6 Å². The molecule has 1 heterocycles. The van der Waals surface area contributed by atoms with Gasteiger partial charge in [0.15, 0.2) is 5.69 Å². The second-order valence-electron chi connectivity index (χ2n) is 7.39. The third kappa shape index (κ3) is 4.78. The van der Waals surface area contributed by atoms with Crippen molar-refractivity contribution < 1.29 is 4.79 Å². The summed E-state index contributed by atoms with van der Waals surface area (Å²) < 4.78 is 1.90. The lowest BCUT2D eigenvalue weighted by Crippen LogP contribution is -2.45. The van der Waals surface area contributed by atoms with Crippen LogP contribution >= 0.6 is 24.0 Å². The summed E-state index contributed by atoms with van der Waals surface area (Å²) in [5, 5.41) is 8.26. The van der Waals surface area contributed by atoms with E-state index < -0.39 is 5.54 Å². The van der Waals surface area contributed by atoms with Crippen molar-refractivity contribution >= 4 is 29.9 Å². The summed E-state index contributed by atoms with van der Waals surface area (Å²) in [5.74, 6) is -0.149. The first-order chi connectivity index (χ1) is 11.8. The molecule has 26 heavy (non-hydrogen) atoms. The van der Waals surface area contributed by atoms with Crippen molar-refractivity contribution in [2.24, 2.45) is 5.73 Å². The molecule has 7 heteroatoms. The van der Waals surface area contributed by atoms with Gasteiger partial charge < -0.3 is 11.1 Å². The highest BCUT2D eigenvalue weighted by molar-refractivity contribution is 6.30. The summed E-state index contributed by atoms with van der Waals surface area (Å²) in [6, 6.07) is 7.56. The molecule has 0 aliphatic heterocycles. The molecule has 5 nitrogen and oxygen atoms in total. The Kier molecular flexibility index (Phi) is 6.72. The van der Waals surface area contributed by atoms with Gasteiger partial charge in [0.25, 0.3) is 5.91 Å². The molecule has 0 saturated heterocycles. The smallest absolute Gasteiger partial charge is 0.272 e. The standard InChI is InChI=1S/C19H25ClN4O.ClH/c1-19(2,21)12-22-18(25)17-15-6-4-3-5-7-16(15)24(23-17)14-10-8-13(20)9-11-14;/h8-11H,3-7,12,21H2,1-2H3,(H,22,25);1H. The van der Waals surface area contributed by atoms with Crippen molar-refractivity contribution in [2.75, 3.05) is 6.54 Å². The average molecular weight is 397 g/mol. The van der Waals surface area contributed by atoms with Gasteiger partial charge in [-0.1, -0.05) is 18.0 Å². The van der Waals surface area contributed by atoms with E-state index in [-0.39, 0.29) is 18.3 Å². The van der Waals surface area contributed by atoms with Crippen molar-refractivity contribution in [3.8, 4) is 5.69 Å². The summed E-state index contributed by atoms with van der Waals surface area (Å²) in [6.45, 7) is 4.19. The molecule has 1 amide bonds. The van der Waals surface area contributed by atoms with Crippen LogP contribution in [0.15, 0.2) is 24.3 Å². The average Bonchev–Trinajstić information content (AvgIpc) is 2.75. The Morgan fingerprint density at radius 2 is 1.88 bits per heavy atom. The minimum absolute atomic E-state index is 0. The molecule has 3 N–H and O–H groups in total. The predicted octanol–water partition coefficient (Wildman–Crippen LogP) is 3.68. The molecule has 0 radical (unpaired) electrons. The zero-order valence-corrected chi connectivity index (χ0v) is 16.8. The first-order valence-corrected chi connectivity index (χ1v) is 9.17. The lowest BCUT2D eigenvalue weighted by molar-refractivity contribution is 0.0939. The van der Waals surface area contributed by atoms with E-state index in [1.807, 2.05) is 42.8 Å². The third-order valence-corrected chi connectivity index (χ3v) is 4.67. The van der Waals surface area contributed by atoms with E-state index >= 15 is 0 Å². The van der Waals surface area contributed by atoms with Crippen LogP contribution in [0.2, 0.25) is 5.02 Å². The Morgan fingerprint density at radius 1 is 1.23 bits per heavy atom. The number of nitrogens with zero attached hydrogens (tertiary/aromatic N) is 2. The van der Waals surface area contributed by atoms with Gasteiger partial charge >= 0.3 is 0 Å². The zero-order valence-electron chi connectivity index (χ0n) is 15.2. The molecular formula is C19H26Cl2N4O. The minimum Gasteiger partial charge on any atom is -0.349 e. The number of aromatic nitrogens is 2. The van der Waals surface area contributed by atoms with Crippen LogP contribution in [0.4, 0.5) is 0 Å². The number of hydrogen-bond donors (Lipinski definition) is 2. The number of carbonyl (C=O) groups is 1. The van der Waals surface area contributed by atoms with Crippen LogP contribution in [0.3, 0.4) is 0 Å². The molecule has 142 valence electrons. The van der Waals surface area contributed by atoms with Crippen molar-refractivity contribution in [2.45, 2.75) is 51.5 Å². The molecule has 0 atom stereocenters. The lowest BCUT2D eigenvalue weighted by Gasteiger charge is -2.18. The van der Waals surface area contributed by atoms with E-state index in [0.29, 0.717) is 17.3 Å². The fraction of sp³-hybridized carbons (Fsp3) is 0.474. The summed E-state index contributed by atoms with van der Waals surface area (Å²) >= 11 is 6.00. The molecule has 1 aromatic carbocycles. The first-order valence-electron chi connectivity index (χ1n) is 8.79. The monoisotopic (exact) mass is 396 g/mol. The second-order valence-corrected chi connectivity index (χ2v) is 7.83. The number of carbonyl (C=O) groups excluding carboxylic acids is 1. The van der Waals surface area contributed by atoms with Crippen LogP contribution in [0, 0.1) is 0 Å². The van der Waals surface area contributed by atoms with E-state index in [1.165, 1.54) is 6.42 Å². The third-order valence-electron chi connectivity index (χ3n) is 4.42. The number of halogens is 2. The topological polar surface area (TPSA) is 72.9 Å². The van der Waals surface area contributed by atoms with E-state index in [9.17, 15) is 4.79 Å². The lowest BCUT2D eigenvalue weighted by atomic mass is 10.1. The highest BCUT2D eigenvalue weighted by Crippen LogP contribution is 2.27. The Bertz CT molecular complexity index is 763. The van der Waals surface area contributed by atoms with Crippen LogP contribution in [-0.4, -0.2) is 27.8 Å². The van der Waals surface area contributed by atoms with E-state index in [2.05, 4.69) is 10.4 Å². The highest BCUT2D eigenvalue weighted by atomic mass is 35.5. The molecule has 0 spiro atoms. The molecule has 0 fully saturated rings. The van der Waals surface area contributed by atoms with Gasteiger partial charge in [-0.05, 0) is 63.8 Å². The number of nitrogens with two attached hydrogens (primary N) is 1. The quantitative estimate of drug-likeness (QED) is 0.773. The zero-order chi connectivity index (χ0) is 18.0. The van der Waals surface area contributed by atoms with Crippen LogP contribution in [-0.2, 0) is 12.8 Å². The maximum atomic E-state index is 12.7. The number of amides is 1.